The van der Waals surface area contributed by atoms with Gasteiger partial charge in [0, 0.05) is 0 Å². The van der Waals surface area contributed by atoms with E-state index in [2.05, 4.69) is 63.5 Å². The predicted molar refractivity (Wildman–Crippen MR) is 105 cm³/mol. The molecular formula is C16H24N2Se2Si2. The SMILES string of the molecule is C[Si](C)(C)c1cccnc1[Se][Se]c1ncccc1[Si](C)(C)C. The Morgan fingerprint density at radius 3 is 1.36 bits per heavy atom. The van der Waals surface area contributed by atoms with Gasteiger partial charge in [0.05, 0.1) is 0 Å². The third-order valence-electron chi connectivity index (χ3n) is 3.36. The van der Waals surface area contributed by atoms with E-state index in [1.165, 1.54) is 19.6 Å². The summed E-state index contributed by atoms with van der Waals surface area (Å²) in [6, 6.07) is 8.78. The van der Waals surface area contributed by atoms with Crippen LogP contribution in [0.5, 0.6) is 0 Å². The van der Waals surface area contributed by atoms with Crippen molar-refractivity contribution >= 4 is 62.0 Å². The first kappa shape index (κ1) is 18.1. The average molecular weight is 458 g/mol. The van der Waals surface area contributed by atoms with Gasteiger partial charge < -0.3 is 0 Å². The number of hydrogen-bond acceptors (Lipinski definition) is 2. The summed E-state index contributed by atoms with van der Waals surface area (Å²) < 4.78 is 2.72. The molecular weight excluding hydrogens is 434 g/mol. The molecule has 0 fully saturated rings. The van der Waals surface area contributed by atoms with Crippen LogP contribution in [0.1, 0.15) is 0 Å². The molecule has 0 N–H and O–H groups in total. The molecule has 0 spiro atoms. The first-order chi connectivity index (χ1) is 10.2. The molecule has 2 nitrogen and oxygen atoms in total. The van der Waals surface area contributed by atoms with Crippen molar-refractivity contribution in [3.63, 3.8) is 0 Å². The zero-order valence-electron chi connectivity index (χ0n) is 14.2. The van der Waals surface area contributed by atoms with E-state index >= 15 is 0 Å². The molecule has 0 radical (unpaired) electrons. The Labute approximate surface area is 147 Å². The van der Waals surface area contributed by atoms with Gasteiger partial charge in [-0.15, -0.1) is 0 Å². The molecule has 0 amide bonds. The fourth-order valence-electron chi connectivity index (χ4n) is 2.13. The summed E-state index contributed by atoms with van der Waals surface area (Å²) in [5, 5.41) is 3.06. The summed E-state index contributed by atoms with van der Waals surface area (Å²) in [4.78, 5) is 9.43. The van der Waals surface area contributed by atoms with E-state index in [9.17, 15) is 0 Å². The van der Waals surface area contributed by atoms with Crippen LogP contribution in [0.4, 0.5) is 0 Å². The van der Waals surface area contributed by atoms with Crippen LogP contribution in [0.15, 0.2) is 36.7 Å². The van der Waals surface area contributed by atoms with Crippen molar-refractivity contribution in [1.29, 1.82) is 0 Å². The van der Waals surface area contributed by atoms with Crippen LogP contribution in [0.2, 0.25) is 39.3 Å². The van der Waals surface area contributed by atoms with Crippen LogP contribution in [0.3, 0.4) is 0 Å². The Balaban J connectivity index is 2.26. The molecule has 6 heteroatoms. The van der Waals surface area contributed by atoms with Crippen LogP contribution >= 0.6 is 0 Å². The molecule has 0 aliphatic rings. The standard InChI is InChI=1S/C16H24N2Se2Si2/c1-21(2,3)13-9-7-11-17-15(13)19-20-16-14(22(4,5)6)10-8-12-18-16/h7-12H,1-6H3. The Kier molecular flexibility index (Phi) is 5.86. The van der Waals surface area contributed by atoms with Gasteiger partial charge in [-0.05, 0) is 0 Å². The second-order valence-electron chi connectivity index (χ2n) is 7.38. The first-order valence-corrected chi connectivity index (χ1v) is 20.5. The van der Waals surface area contributed by atoms with Gasteiger partial charge in [-0.2, -0.15) is 0 Å². The fraction of sp³-hybridized carbons (Fsp3) is 0.375. The zero-order valence-corrected chi connectivity index (χ0v) is 19.6. The zero-order chi connectivity index (χ0) is 16.4. The molecule has 0 atom stereocenters. The van der Waals surface area contributed by atoms with Crippen LogP contribution in [0.25, 0.3) is 0 Å². The summed E-state index contributed by atoms with van der Waals surface area (Å²) >= 11 is 0.846. The van der Waals surface area contributed by atoms with Gasteiger partial charge in [-0.3, -0.25) is 0 Å². The van der Waals surface area contributed by atoms with E-state index in [1.807, 2.05) is 12.4 Å². The third-order valence-corrected chi connectivity index (χ3v) is 14.8. The molecule has 0 aliphatic carbocycles. The molecule has 0 saturated heterocycles. The maximum atomic E-state index is 4.71. The fourth-order valence-corrected chi connectivity index (χ4v) is 16.9. The second-order valence-corrected chi connectivity index (χ2v) is 23.4. The van der Waals surface area contributed by atoms with Crippen LogP contribution in [0, 0.1) is 0 Å². The Hall–Kier alpha value is -0.227. The number of nitrogens with zero attached hydrogens (tertiary/aromatic N) is 2. The van der Waals surface area contributed by atoms with Crippen LogP contribution in [-0.4, -0.2) is 52.4 Å². The molecule has 2 aromatic heterocycles. The van der Waals surface area contributed by atoms with Crippen molar-refractivity contribution in [2.24, 2.45) is 0 Å². The van der Waals surface area contributed by atoms with E-state index in [1.54, 1.807) is 0 Å². The van der Waals surface area contributed by atoms with Gasteiger partial charge in [0.2, 0.25) is 0 Å². The third kappa shape index (κ3) is 4.64. The molecule has 0 bridgehead atoms. The molecule has 2 heterocycles. The number of rotatable bonds is 5. The van der Waals surface area contributed by atoms with Gasteiger partial charge >= 0.3 is 148 Å². The summed E-state index contributed by atoms with van der Waals surface area (Å²) in [7, 11) is -2.63. The Morgan fingerprint density at radius 1 is 0.682 bits per heavy atom. The molecule has 22 heavy (non-hydrogen) atoms. The normalized spacial score (nSPS) is 12.5. The minimum absolute atomic E-state index is 0.423. The minimum atomic E-state index is -1.31. The monoisotopic (exact) mass is 460 g/mol. The van der Waals surface area contributed by atoms with Crippen molar-refractivity contribution in [2.75, 3.05) is 0 Å². The quantitative estimate of drug-likeness (QED) is 0.621. The second kappa shape index (κ2) is 7.12. The molecule has 2 aromatic rings. The average Bonchev–Trinajstić information content (AvgIpc) is 2.44. The molecule has 0 aromatic carbocycles. The van der Waals surface area contributed by atoms with Crippen molar-refractivity contribution in [3.8, 4) is 0 Å². The topological polar surface area (TPSA) is 25.8 Å². The summed E-state index contributed by atoms with van der Waals surface area (Å²) in [5.41, 5.74) is 0. The van der Waals surface area contributed by atoms with E-state index in [0.717, 1.165) is 0 Å². The molecule has 2 rings (SSSR count). The van der Waals surface area contributed by atoms with Gasteiger partial charge in [-0.1, -0.05) is 0 Å². The van der Waals surface area contributed by atoms with E-state index in [-0.39, 0.29) is 0 Å². The molecule has 118 valence electrons. The van der Waals surface area contributed by atoms with Gasteiger partial charge in [0.1, 0.15) is 0 Å². The van der Waals surface area contributed by atoms with Crippen molar-refractivity contribution in [3.05, 3.63) is 36.7 Å². The molecule has 0 aliphatic heterocycles. The van der Waals surface area contributed by atoms with Gasteiger partial charge in [0.15, 0.2) is 0 Å². The number of aromatic nitrogens is 2. The van der Waals surface area contributed by atoms with Gasteiger partial charge in [-0.25, -0.2) is 0 Å². The summed E-state index contributed by atoms with van der Waals surface area (Å²) in [6.45, 7) is 14.4. The summed E-state index contributed by atoms with van der Waals surface area (Å²) in [6.07, 6.45) is 3.91. The van der Waals surface area contributed by atoms with Gasteiger partial charge in [0.25, 0.3) is 0 Å². The van der Waals surface area contributed by atoms with Crippen molar-refractivity contribution < 1.29 is 0 Å². The number of hydrogen-bond donors (Lipinski definition) is 0. The van der Waals surface area contributed by atoms with Crippen molar-refractivity contribution in [1.82, 2.24) is 9.97 Å². The first-order valence-electron chi connectivity index (χ1n) is 7.45. The maximum absolute atomic E-state index is 4.71. The number of pyridine rings is 2. The Bertz CT molecular complexity index is 592. The van der Waals surface area contributed by atoms with E-state index < -0.39 is 16.1 Å². The Morgan fingerprint density at radius 2 is 1.05 bits per heavy atom. The van der Waals surface area contributed by atoms with E-state index in [4.69, 9.17) is 9.97 Å². The van der Waals surface area contributed by atoms with E-state index in [0.29, 0.717) is 26.3 Å². The van der Waals surface area contributed by atoms with Crippen LogP contribution < -0.4 is 19.6 Å². The summed E-state index contributed by atoms with van der Waals surface area (Å²) in [5.74, 6) is 0. The molecule has 0 unspecified atom stereocenters. The molecule has 0 saturated carbocycles. The van der Waals surface area contributed by atoms with Crippen molar-refractivity contribution in [2.45, 2.75) is 39.3 Å². The van der Waals surface area contributed by atoms with Crippen LogP contribution in [-0.2, 0) is 0 Å². The predicted octanol–water partition coefficient (Wildman–Crippen LogP) is 0.841.